The van der Waals surface area contributed by atoms with Crippen molar-refractivity contribution in [3.8, 4) is 0 Å². The molecule has 0 radical (unpaired) electrons. The summed E-state index contributed by atoms with van der Waals surface area (Å²) >= 11 is 6.12. The van der Waals surface area contributed by atoms with Gasteiger partial charge in [-0.1, -0.05) is 17.7 Å². The second kappa shape index (κ2) is 11.3. The van der Waals surface area contributed by atoms with Crippen LogP contribution in [0.1, 0.15) is 19.3 Å². The number of fused-ring (bicyclic) bond motifs is 1. The monoisotopic (exact) mass is 553 g/mol. The van der Waals surface area contributed by atoms with Gasteiger partial charge in [-0.25, -0.2) is 19.0 Å². The first-order valence-electron chi connectivity index (χ1n) is 12.8. The highest BCUT2D eigenvalue weighted by atomic mass is 35.5. The Morgan fingerprint density at radius 1 is 1.00 bits per heavy atom. The van der Waals surface area contributed by atoms with E-state index >= 15 is 0 Å². The Hall–Kier alpha value is -4.12. The van der Waals surface area contributed by atoms with Gasteiger partial charge in [0.1, 0.15) is 17.7 Å². The highest BCUT2D eigenvalue weighted by molar-refractivity contribution is 6.31. The molecule has 204 valence electrons. The maximum atomic E-state index is 13.5. The van der Waals surface area contributed by atoms with Crippen LogP contribution in [0.4, 0.5) is 31.2 Å². The summed E-state index contributed by atoms with van der Waals surface area (Å²) in [6, 6.07) is 10.9. The van der Waals surface area contributed by atoms with E-state index in [0.717, 1.165) is 16.0 Å². The average Bonchev–Trinajstić information content (AvgIpc) is 3.09. The van der Waals surface area contributed by atoms with Crippen molar-refractivity contribution in [3.63, 3.8) is 0 Å². The van der Waals surface area contributed by atoms with E-state index in [2.05, 4.69) is 20.5 Å². The zero-order chi connectivity index (χ0) is 27.5. The summed E-state index contributed by atoms with van der Waals surface area (Å²) in [6.45, 7) is 2.23. The minimum absolute atomic E-state index is 0.221. The molecule has 5 rings (SSSR count). The van der Waals surface area contributed by atoms with Crippen molar-refractivity contribution in [2.75, 3.05) is 48.7 Å². The molecule has 10 nitrogen and oxygen atoms in total. The van der Waals surface area contributed by atoms with Crippen molar-refractivity contribution < 1.29 is 18.8 Å². The predicted molar refractivity (Wildman–Crippen MR) is 148 cm³/mol. The Morgan fingerprint density at radius 3 is 2.56 bits per heavy atom. The van der Waals surface area contributed by atoms with Crippen LogP contribution in [-0.4, -0.2) is 71.5 Å². The molecular weight excluding hydrogens is 525 g/mol. The van der Waals surface area contributed by atoms with Crippen molar-refractivity contribution in [2.24, 2.45) is 0 Å². The molecule has 2 aromatic carbocycles. The largest absolute Gasteiger partial charge is 0.384 e. The van der Waals surface area contributed by atoms with Crippen LogP contribution in [0.3, 0.4) is 0 Å². The number of hydrogen-bond acceptors (Lipinski definition) is 6. The van der Waals surface area contributed by atoms with E-state index in [9.17, 15) is 18.8 Å². The number of pyridine rings is 1. The van der Waals surface area contributed by atoms with E-state index in [4.69, 9.17) is 17.3 Å². The molecular formula is C27H29ClFN7O3. The van der Waals surface area contributed by atoms with E-state index in [1.165, 1.54) is 18.2 Å². The average molecular weight is 554 g/mol. The smallest absolute Gasteiger partial charge is 0.328 e. The van der Waals surface area contributed by atoms with Crippen LogP contribution >= 0.6 is 11.6 Å². The van der Waals surface area contributed by atoms with Gasteiger partial charge in [0, 0.05) is 60.6 Å². The summed E-state index contributed by atoms with van der Waals surface area (Å²) in [5, 5.41) is 6.89. The van der Waals surface area contributed by atoms with Crippen LogP contribution in [-0.2, 0) is 4.79 Å². The van der Waals surface area contributed by atoms with E-state index in [0.29, 0.717) is 61.8 Å². The second-order valence-corrected chi connectivity index (χ2v) is 10.1. The van der Waals surface area contributed by atoms with Gasteiger partial charge in [0.15, 0.2) is 0 Å². The molecule has 1 aromatic heterocycles. The van der Waals surface area contributed by atoms with Gasteiger partial charge < -0.3 is 26.2 Å². The number of anilines is 3. The summed E-state index contributed by atoms with van der Waals surface area (Å²) in [5.74, 6) is -0.589. The number of nitrogen functional groups attached to an aromatic ring is 1. The molecule has 39 heavy (non-hydrogen) atoms. The molecule has 12 heteroatoms. The van der Waals surface area contributed by atoms with Gasteiger partial charge in [0.05, 0.1) is 5.52 Å². The van der Waals surface area contributed by atoms with Gasteiger partial charge in [0.25, 0.3) is 5.91 Å². The maximum Gasteiger partial charge on any atom is 0.328 e. The summed E-state index contributed by atoms with van der Waals surface area (Å²) < 4.78 is 13.5. The Bertz CT molecular complexity index is 1410. The first-order chi connectivity index (χ1) is 18.8. The molecule has 0 unspecified atom stereocenters. The molecule has 2 saturated heterocycles. The van der Waals surface area contributed by atoms with Crippen LogP contribution in [0.25, 0.3) is 10.9 Å². The quantitative estimate of drug-likeness (QED) is 0.449. The number of hydrogen-bond donors (Lipinski definition) is 3. The third-order valence-corrected chi connectivity index (χ3v) is 7.22. The number of amides is 5. The topological polar surface area (TPSA) is 124 Å². The molecule has 0 saturated carbocycles. The summed E-state index contributed by atoms with van der Waals surface area (Å²) in [7, 11) is 0. The third kappa shape index (κ3) is 5.98. The van der Waals surface area contributed by atoms with Gasteiger partial charge >= 0.3 is 12.1 Å². The van der Waals surface area contributed by atoms with Gasteiger partial charge in [-0.15, -0.1) is 0 Å². The zero-order valence-electron chi connectivity index (χ0n) is 21.2. The zero-order valence-corrected chi connectivity index (χ0v) is 22.0. The normalized spacial score (nSPS) is 18.2. The number of piperazine rings is 1. The fraction of sp³-hybridized carbons (Fsp3) is 0.333. The molecule has 1 atom stereocenters. The minimum Gasteiger partial charge on any atom is -0.384 e. The number of urea groups is 2. The molecule has 3 heterocycles. The number of likely N-dealkylation sites (tertiary alicyclic amines) is 1. The molecule has 0 spiro atoms. The van der Waals surface area contributed by atoms with Crippen LogP contribution in [0.5, 0.6) is 0 Å². The number of nitrogens with two attached hydrogens (primary N) is 1. The van der Waals surface area contributed by atoms with E-state index in [1.807, 2.05) is 12.1 Å². The van der Waals surface area contributed by atoms with Crippen molar-refractivity contribution >= 4 is 57.7 Å². The summed E-state index contributed by atoms with van der Waals surface area (Å²) in [4.78, 5) is 48.4. The number of nitrogens with one attached hydrogen (secondary N) is 2. The van der Waals surface area contributed by atoms with Crippen molar-refractivity contribution in [1.29, 1.82) is 0 Å². The van der Waals surface area contributed by atoms with Crippen LogP contribution in [0, 0.1) is 5.82 Å². The van der Waals surface area contributed by atoms with Gasteiger partial charge in [0.2, 0.25) is 0 Å². The van der Waals surface area contributed by atoms with Gasteiger partial charge in [-0.3, -0.25) is 9.69 Å². The number of aromatic nitrogens is 1. The summed E-state index contributed by atoms with van der Waals surface area (Å²) in [6.07, 6.45) is 1.72. The highest BCUT2D eigenvalue weighted by Crippen LogP contribution is 2.30. The van der Waals surface area contributed by atoms with Crippen molar-refractivity contribution in [1.82, 2.24) is 20.1 Å². The lowest BCUT2D eigenvalue weighted by molar-refractivity contribution is -0.129. The number of rotatable bonds is 3. The fourth-order valence-electron chi connectivity index (χ4n) is 4.99. The fourth-order valence-corrected chi connectivity index (χ4v) is 5.15. The van der Waals surface area contributed by atoms with Crippen LogP contribution in [0.15, 0.2) is 48.5 Å². The van der Waals surface area contributed by atoms with Crippen molar-refractivity contribution in [3.05, 3.63) is 59.4 Å². The first-order valence-corrected chi connectivity index (χ1v) is 13.2. The molecule has 3 aromatic rings. The predicted octanol–water partition coefficient (Wildman–Crippen LogP) is 4.05. The Labute approximate surface area is 229 Å². The van der Waals surface area contributed by atoms with Gasteiger partial charge in [-0.2, -0.15) is 0 Å². The second-order valence-electron chi connectivity index (χ2n) is 9.63. The third-order valence-electron chi connectivity index (χ3n) is 6.98. The lowest BCUT2D eigenvalue weighted by Gasteiger charge is -2.37. The SMILES string of the molecule is Nc1cc(N2CCN(C(=O)N[C@H]3CCCCN(C(=O)Nc4cccc(F)c4)C3=O)CC2)c2ccc(Cl)cc2n1. The molecule has 0 bridgehead atoms. The number of carbonyl (C=O) groups excluding carboxylic acids is 3. The van der Waals surface area contributed by atoms with Gasteiger partial charge in [-0.05, 0) is 55.7 Å². The number of imide groups is 1. The molecule has 0 aliphatic carbocycles. The minimum atomic E-state index is -0.829. The Kier molecular flexibility index (Phi) is 7.69. The molecule has 2 aliphatic rings. The van der Waals surface area contributed by atoms with E-state index < -0.39 is 23.8 Å². The van der Waals surface area contributed by atoms with Crippen LogP contribution < -0.4 is 21.3 Å². The molecule has 4 N–H and O–H groups in total. The first kappa shape index (κ1) is 26.5. The maximum absolute atomic E-state index is 13.5. The van der Waals surface area contributed by atoms with Crippen molar-refractivity contribution in [2.45, 2.75) is 25.3 Å². The standard InChI is InChI=1S/C27H29ClFN7O3/c28-17-7-8-20-22(14-17)32-24(30)16-23(20)34-10-12-35(13-11-34)26(38)33-21-6-1-2-9-36(25(21)37)27(39)31-19-5-3-4-18(29)15-19/h3-5,7-8,14-16,21H,1-2,6,9-13H2,(H2,30,32)(H,31,39)(H,33,38)/t21-/m0/s1. The number of nitrogens with zero attached hydrogens (tertiary/aromatic N) is 4. The molecule has 2 aliphatic heterocycles. The summed E-state index contributed by atoms with van der Waals surface area (Å²) in [5.41, 5.74) is 7.91. The molecule has 2 fully saturated rings. The number of carbonyl (C=O) groups is 3. The van der Waals surface area contributed by atoms with E-state index in [1.54, 1.807) is 23.1 Å². The lowest BCUT2D eigenvalue weighted by atomic mass is 10.1. The van der Waals surface area contributed by atoms with Crippen LogP contribution in [0.2, 0.25) is 5.02 Å². The Balaban J connectivity index is 1.21. The van der Waals surface area contributed by atoms with E-state index in [-0.39, 0.29) is 18.3 Å². The Morgan fingerprint density at radius 2 is 1.79 bits per heavy atom. The number of benzene rings is 2. The molecule has 5 amide bonds. The highest BCUT2D eigenvalue weighted by Gasteiger charge is 2.33. The lowest BCUT2D eigenvalue weighted by Crippen LogP contribution is -2.56. The number of halogens is 2.